The Morgan fingerprint density at radius 2 is 1.71 bits per heavy atom. The summed E-state index contributed by atoms with van der Waals surface area (Å²) in [5.41, 5.74) is -0.282. The summed E-state index contributed by atoms with van der Waals surface area (Å²) in [4.78, 5) is 38.8. The molecule has 0 bridgehead atoms. The molecule has 7 nitrogen and oxygen atoms in total. The molecule has 38 heavy (non-hydrogen) atoms. The van der Waals surface area contributed by atoms with E-state index in [2.05, 4.69) is 20.8 Å². The summed E-state index contributed by atoms with van der Waals surface area (Å²) in [5.74, 6) is -0.828. The van der Waals surface area contributed by atoms with Crippen molar-refractivity contribution in [2.24, 2.45) is 45.3 Å². The number of aliphatic hydroxyl groups is 3. The molecular formula is C31H48O7. The van der Waals surface area contributed by atoms with Gasteiger partial charge in [-0.25, -0.2) is 0 Å². The largest absolute Gasteiger partial charge is 0.469 e. The number of aliphatic hydroxyl groups excluding tert-OH is 3. The zero-order chi connectivity index (χ0) is 28.4. The highest BCUT2D eigenvalue weighted by atomic mass is 16.5. The highest BCUT2D eigenvalue weighted by molar-refractivity contribution is 6.00. The van der Waals surface area contributed by atoms with Crippen LogP contribution in [0.1, 0.15) is 92.9 Å². The van der Waals surface area contributed by atoms with Crippen LogP contribution in [0, 0.1) is 45.3 Å². The summed E-state index contributed by atoms with van der Waals surface area (Å²) in [5, 5.41) is 32.8. The quantitative estimate of drug-likeness (QED) is 0.424. The van der Waals surface area contributed by atoms with E-state index in [-0.39, 0.29) is 42.3 Å². The van der Waals surface area contributed by atoms with Gasteiger partial charge >= 0.3 is 5.97 Å². The summed E-state index contributed by atoms with van der Waals surface area (Å²) in [7, 11) is 1.32. The number of carbonyl (C=O) groups excluding carboxylic acids is 3. The van der Waals surface area contributed by atoms with E-state index >= 15 is 0 Å². The van der Waals surface area contributed by atoms with E-state index in [0.717, 1.165) is 17.6 Å². The topological polar surface area (TPSA) is 121 Å². The lowest BCUT2D eigenvalue weighted by atomic mass is 9.42. The maximum Gasteiger partial charge on any atom is 0.308 e. The average Bonchev–Trinajstić information content (AvgIpc) is 3.06. The molecule has 214 valence electrons. The Kier molecular flexibility index (Phi) is 7.59. The Balaban J connectivity index is 1.67. The minimum absolute atomic E-state index is 0.00112. The summed E-state index contributed by atoms with van der Waals surface area (Å²) in [6.07, 6.45) is 2.72. The lowest BCUT2D eigenvalue weighted by molar-refractivity contribution is -0.146. The molecule has 4 aliphatic rings. The van der Waals surface area contributed by atoms with Gasteiger partial charge in [-0.3, -0.25) is 14.4 Å². The second-order valence-corrected chi connectivity index (χ2v) is 14.0. The van der Waals surface area contributed by atoms with Gasteiger partial charge < -0.3 is 20.1 Å². The maximum atomic E-state index is 14.1. The molecule has 0 amide bonds. The molecule has 4 rings (SSSR count). The lowest BCUT2D eigenvalue weighted by Crippen LogP contribution is -2.59. The van der Waals surface area contributed by atoms with E-state index in [4.69, 9.17) is 4.74 Å². The fourth-order valence-electron chi connectivity index (χ4n) is 9.68. The molecule has 7 heteroatoms. The molecule has 0 spiro atoms. The Labute approximate surface area is 227 Å². The fraction of sp³-hybridized carbons (Fsp3) is 0.839. The third-order valence-electron chi connectivity index (χ3n) is 12.1. The van der Waals surface area contributed by atoms with Crippen molar-refractivity contribution in [3.05, 3.63) is 11.1 Å². The van der Waals surface area contributed by atoms with Gasteiger partial charge in [0.05, 0.1) is 31.8 Å². The molecule has 0 saturated heterocycles. The zero-order valence-electron chi connectivity index (χ0n) is 24.3. The second-order valence-electron chi connectivity index (χ2n) is 14.0. The van der Waals surface area contributed by atoms with Crippen LogP contribution in [0.4, 0.5) is 0 Å². The number of Topliss-reactive ketones (excluding diaryl/α,β-unsaturated/α-hetero) is 2. The predicted octanol–water partition coefficient (Wildman–Crippen LogP) is 4.01. The highest BCUT2D eigenvalue weighted by Gasteiger charge is 2.68. The first kappa shape index (κ1) is 29.4. The maximum absolute atomic E-state index is 14.1. The van der Waals surface area contributed by atoms with Crippen LogP contribution < -0.4 is 0 Å². The number of allylic oxidation sites excluding steroid dienone is 1. The van der Waals surface area contributed by atoms with Gasteiger partial charge in [-0.05, 0) is 60.7 Å². The second kappa shape index (κ2) is 9.81. The van der Waals surface area contributed by atoms with Crippen molar-refractivity contribution in [1.29, 1.82) is 0 Å². The van der Waals surface area contributed by atoms with Gasteiger partial charge in [-0.15, -0.1) is 0 Å². The van der Waals surface area contributed by atoms with E-state index < -0.39 is 45.8 Å². The predicted molar refractivity (Wildman–Crippen MR) is 143 cm³/mol. The minimum atomic E-state index is -0.666. The van der Waals surface area contributed by atoms with Crippen LogP contribution in [0.3, 0.4) is 0 Å². The van der Waals surface area contributed by atoms with E-state index in [9.17, 15) is 29.7 Å². The number of methoxy groups -OCH3 is 1. The minimum Gasteiger partial charge on any atom is -0.469 e. The molecule has 4 aliphatic carbocycles. The molecule has 2 saturated carbocycles. The van der Waals surface area contributed by atoms with E-state index in [0.29, 0.717) is 38.5 Å². The number of fused-ring (bicyclic) bond motifs is 4. The lowest BCUT2D eigenvalue weighted by Gasteiger charge is -2.61. The monoisotopic (exact) mass is 532 g/mol. The summed E-state index contributed by atoms with van der Waals surface area (Å²) < 4.78 is 4.77. The van der Waals surface area contributed by atoms with E-state index in [1.807, 2.05) is 13.8 Å². The Bertz CT molecular complexity index is 1030. The molecule has 0 aliphatic heterocycles. The third kappa shape index (κ3) is 3.97. The standard InChI is InChI=1S/C31H48O7/c1-17(12-19(33)13-18(2)27(37)38-7)21-14-25(36)31(6)20-8-9-23-28(3,11-10-24(35)29(23,4)16-32)26(20)22(34)15-30(21,31)5/h17-18,21,23-25,32,35-36H,8-16H2,1-7H3/t17-,18-,21-,23-,24+,25+,28+,29-,30-,31-/m1/s1. The first-order valence-corrected chi connectivity index (χ1v) is 14.5. The molecule has 0 aromatic heterocycles. The van der Waals surface area contributed by atoms with Crippen molar-refractivity contribution in [3.63, 3.8) is 0 Å². The van der Waals surface area contributed by atoms with Crippen molar-refractivity contribution < 1.29 is 34.4 Å². The van der Waals surface area contributed by atoms with Crippen LogP contribution in [-0.4, -0.2) is 58.8 Å². The van der Waals surface area contributed by atoms with Gasteiger partial charge in [-0.1, -0.05) is 47.1 Å². The number of rotatable bonds is 7. The van der Waals surface area contributed by atoms with Crippen LogP contribution in [0.2, 0.25) is 0 Å². The molecule has 10 atom stereocenters. The van der Waals surface area contributed by atoms with Crippen LogP contribution >= 0.6 is 0 Å². The third-order valence-corrected chi connectivity index (χ3v) is 12.1. The molecule has 0 heterocycles. The van der Waals surface area contributed by atoms with E-state index in [1.54, 1.807) is 6.92 Å². The van der Waals surface area contributed by atoms with Crippen molar-refractivity contribution >= 4 is 17.5 Å². The Morgan fingerprint density at radius 1 is 1.05 bits per heavy atom. The molecule has 0 radical (unpaired) electrons. The zero-order valence-corrected chi connectivity index (χ0v) is 24.3. The molecule has 0 unspecified atom stereocenters. The van der Waals surface area contributed by atoms with Crippen LogP contribution in [0.5, 0.6) is 0 Å². The van der Waals surface area contributed by atoms with Crippen molar-refractivity contribution in [3.8, 4) is 0 Å². The van der Waals surface area contributed by atoms with Crippen molar-refractivity contribution in [2.45, 2.75) is 105 Å². The van der Waals surface area contributed by atoms with Crippen molar-refractivity contribution in [2.75, 3.05) is 13.7 Å². The first-order valence-electron chi connectivity index (χ1n) is 14.5. The molecule has 3 N–H and O–H groups in total. The normalized spacial score (nSPS) is 44.1. The van der Waals surface area contributed by atoms with Gasteiger partial charge in [0.2, 0.25) is 0 Å². The van der Waals surface area contributed by atoms with Gasteiger partial charge in [0, 0.05) is 35.7 Å². The number of hydrogen-bond acceptors (Lipinski definition) is 7. The van der Waals surface area contributed by atoms with Gasteiger partial charge in [0.25, 0.3) is 0 Å². The van der Waals surface area contributed by atoms with Gasteiger partial charge in [-0.2, -0.15) is 0 Å². The van der Waals surface area contributed by atoms with Crippen LogP contribution in [0.15, 0.2) is 11.1 Å². The summed E-state index contributed by atoms with van der Waals surface area (Å²) in [6, 6.07) is 0. The summed E-state index contributed by atoms with van der Waals surface area (Å²) in [6.45, 7) is 12.0. The molecule has 2 fully saturated rings. The number of ketones is 2. The fourth-order valence-corrected chi connectivity index (χ4v) is 9.68. The number of esters is 1. The Hall–Kier alpha value is -1.57. The molecule has 0 aromatic rings. The van der Waals surface area contributed by atoms with E-state index in [1.165, 1.54) is 7.11 Å². The summed E-state index contributed by atoms with van der Waals surface area (Å²) >= 11 is 0. The van der Waals surface area contributed by atoms with Gasteiger partial charge in [0.1, 0.15) is 5.78 Å². The number of hydrogen-bond donors (Lipinski definition) is 3. The highest BCUT2D eigenvalue weighted by Crippen LogP contribution is 2.71. The Morgan fingerprint density at radius 3 is 2.32 bits per heavy atom. The first-order chi connectivity index (χ1) is 17.6. The SMILES string of the molecule is COC(=O)[C@H](C)CC(=O)C[C@@H](C)[C@H]1C[C@H](O)[C@@]2(C)C3=C(C(=O)C[C@]12C)[C@@]1(C)CC[C@H](O)[C@](C)(CO)[C@@H]1CC3. The van der Waals surface area contributed by atoms with Crippen LogP contribution in [0.25, 0.3) is 0 Å². The average molecular weight is 533 g/mol. The smallest absolute Gasteiger partial charge is 0.308 e. The number of carbonyl (C=O) groups is 3. The number of ether oxygens (including phenoxy) is 1. The molecule has 0 aromatic carbocycles. The molecular weight excluding hydrogens is 484 g/mol. The van der Waals surface area contributed by atoms with Gasteiger partial charge in [0.15, 0.2) is 5.78 Å². The van der Waals surface area contributed by atoms with Crippen molar-refractivity contribution in [1.82, 2.24) is 0 Å². The van der Waals surface area contributed by atoms with Crippen LogP contribution in [-0.2, 0) is 19.1 Å².